The van der Waals surface area contributed by atoms with Gasteiger partial charge in [-0.05, 0) is 31.6 Å². The predicted molar refractivity (Wildman–Crippen MR) is 67.7 cm³/mol. The van der Waals surface area contributed by atoms with Crippen LogP contribution in [0.15, 0.2) is 24.3 Å². The maximum Gasteiger partial charge on any atom is 0.334 e. The van der Waals surface area contributed by atoms with Gasteiger partial charge in [-0.3, -0.25) is 0 Å². The third-order valence-corrected chi connectivity index (χ3v) is 5.34. The number of ether oxygens (including phenoxy) is 1. The molecule has 2 saturated carbocycles. The van der Waals surface area contributed by atoms with Crippen molar-refractivity contribution < 1.29 is 14.6 Å². The summed E-state index contributed by atoms with van der Waals surface area (Å²) in [6, 6.07) is 0. The second-order valence-corrected chi connectivity index (χ2v) is 6.29. The fraction of sp³-hybridized carbons (Fsp3) is 0.667. The van der Waals surface area contributed by atoms with Crippen LogP contribution in [0.5, 0.6) is 0 Å². The molecule has 3 nitrogen and oxygen atoms in total. The summed E-state index contributed by atoms with van der Waals surface area (Å²) < 4.78 is 5.40. The van der Waals surface area contributed by atoms with Crippen LogP contribution in [-0.4, -0.2) is 23.3 Å². The topological polar surface area (TPSA) is 46.5 Å². The van der Waals surface area contributed by atoms with Crippen LogP contribution in [0.4, 0.5) is 0 Å². The normalized spacial score (nSPS) is 47.6. The van der Waals surface area contributed by atoms with Gasteiger partial charge in [0.15, 0.2) is 0 Å². The number of rotatable bonds is 0. The zero-order valence-electron chi connectivity index (χ0n) is 10.8. The first-order chi connectivity index (χ1) is 8.43. The molecule has 3 aliphatic rings. The molecular weight excluding hydrogens is 228 g/mol. The minimum absolute atomic E-state index is 0.0909. The lowest BCUT2D eigenvalue weighted by Gasteiger charge is -2.51. The van der Waals surface area contributed by atoms with Crippen LogP contribution in [-0.2, 0) is 9.53 Å². The minimum atomic E-state index is -0.318. The highest BCUT2D eigenvalue weighted by molar-refractivity contribution is 5.90. The van der Waals surface area contributed by atoms with Gasteiger partial charge in [0.1, 0.15) is 6.10 Å². The van der Waals surface area contributed by atoms with Gasteiger partial charge in [0, 0.05) is 16.9 Å². The lowest BCUT2D eigenvalue weighted by molar-refractivity contribution is -0.145. The van der Waals surface area contributed by atoms with Crippen molar-refractivity contribution in [2.75, 3.05) is 0 Å². The van der Waals surface area contributed by atoms with Crippen molar-refractivity contribution >= 4 is 5.97 Å². The van der Waals surface area contributed by atoms with Gasteiger partial charge >= 0.3 is 5.97 Å². The fourth-order valence-corrected chi connectivity index (χ4v) is 4.08. The molecule has 0 amide bonds. The van der Waals surface area contributed by atoms with Crippen molar-refractivity contribution in [2.24, 2.45) is 17.3 Å². The Hall–Kier alpha value is -1.09. The molecule has 1 saturated heterocycles. The predicted octanol–water partition coefficient (Wildman–Crippen LogP) is 2.21. The molecule has 0 bridgehead atoms. The third-order valence-electron chi connectivity index (χ3n) is 5.34. The van der Waals surface area contributed by atoms with Gasteiger partial charge in [-0.25, -0.2) is 4.79 Å². The summed E-state index contributed by atoms with van der Waals surface area (Å²) in [5, 5.41) is 10.3. The zero-order valence-corrected chi connectivity index (χ0v) is 10.8. The third kappa shape index (κ3) is 1.43. The van der Waals surface area contributed by atoms with E-state index in [1.54, 1.807) is 0 Å². The fourth-order valence-electron chi connectivity index (χ4n) is 4.08. The Morgan fingerprint density at radius 2 is 2.17 bits per heavy atom. The van der Waals surface area contributed by atoms with Gasteiger partial charge in [-0.15, -0.1) is 0 Å². The van der Waals surface area contributed by atoms with Crippen molar-refractivity contribution in [2.45, 2.75) is 44.8 Å². The zero-order chi connectivity index (χ0) is 13.1. The molecule has 18 heavy (non-hydrogen) atoms. The van der Waals surface area contributed by atoms with E-state index in [4.69, 9.17) is 4.74 Å². The van der Waals surface area contributed by atoms with E-state index in [0.717, 1.165) is 25.7 Å². The lowest BCUT2D eigenvalue weighted by atomic mass is 9.54. The summed E-state index contributed by atoms with van der Waals surface area (Å²) >= 11 is 0. The van der Waals surface area contributed by atoms with Crippen LogP contribution in [0, 0.1) is 17.3 Å². The molecule has 0 aromatic carbocycles. The van der Waals surface area contributed by atoms with Gasteiger partial charge < -0.3 is 9.84 Å². The summed E-state index contributed by atoms with van der Waals surface area (Å²) in [5.41, 5.74) is 1.63. The number of aliphatic hydroxyl groups excluding tert-OH is 1. The monoisotopic (exact) mass is 248 g/mol. The van der Waals surface area contributed by atoms with Crippen LogP contribution >= 0.6 is 0 Å². The van der Waals surface area contributed by atoms with E-state index in [2.05, 4.69) is 20.1 Å². The van der Waals surface area contributed by atoms with Gasteiger partial charge in [0.25, 0.3) is 0 Å². The summed E-state index contributed by atoms with van der Waals surface area (Å²) in [6.07, 6.45) is 2.83. The van der Waals surface area contributed by atoms with Gasteiger partial charge in [0.2, 0.25) is 0 Å². The van der Waals surface area contributed by atoms with E-state index in [1.165, 1.54) is 5.57 Å². The van der Waals surface area contributed by atoms with E-state index in [9.17, 15) is 9.90 Å². The minimum Gasteiger partial charge on any atom is -0.458 e. The molecule has 0 radical (unpaired) electrons. The van der Waals surface area contributed by atoms with Crippen molar-refractivity contribution in [3.8, 4) is 0 Å². The number of hydrogen-bond acceptors (Lipinski definition) is 3. The Morgan fingerprint density at radius 3 is 2.89 bits per heavy atom. The van der Waals surface area contributed by atoms with Crippen molar-refractivity contribution in [1.82, 2.24) is 0 Å². The first-order valence-electron chi connectivity index (χ1n) is 6.69. The summed E-state index contributed by atoms with van der Waals surface area (Å²) in [4.78, 5) is 11.6. The highest BCUT2D eigenvalue weighted by atomic mass is 16.6. The maximum atomic E-state index is 11.6. The Balaban J connectivity index is 1.94. The van der Waals surface area contributed by atoms with E-state index < -0.39 is 0 Å². The first kappa shape index (κ1) is 12.0. The molecule has 1 heterocycles. The lowest BCUT2D eigenvalue weighted by Crippen LogP contribution is -2.50. The van der Waals surface area contributed by atoms with Crippen LogP contribution in [0.3, 0.4) is 0 Å². The van der Waals surface area contributed by atoms with Crippen molar-refractivity contribution in [3.63, 3.8) is 0 Å². The first-order valence-corrected chi connectivity index (χ1v) is 6.69. The number of hydrogen-bond donors (Lipinski definition) is 1. The molecule has 0 aromatic rings. The number of carbonyl (C=O) groups excluding carboxylic acids is 1. The summed E-state index contributed by atoms with van der Waals surface area (Å²) in [6.45, 7) is 10.1. The Labute approximate surface area is 108 Å². The molecule has 0 unspecified atom stereocenters. The maximum absolute atomic E-state index is 11.6. The smallest absolute Gasteiger partial charge is 0.334 e. The standard InChI is InChI=1S/C15H20O3/c1-8-4-5-13(16)15(3)7-12-10(6-11(8)15)9(2)14(17)18-12/h10-13,16H,1-2,4-7H2,3H3/t10-,11+,12-,13-,15+/m0/s1. The second-order valence-electron chi connectivity index (χ2n) is 6.29. The average Bonchev–Trinajstić information content (AvgIpc) is 2.58. The van der Waals surface area contributed by atoms with E-state index in [-0.39, 0.29) is 35.4 Å². The molecular formula is C15H20O3. The number of aliphatic hydroxyl groups is 1. The van der Waals surface area contributed by atoms with Crippen LogP contribution in [0.2, 0.25) is 0 Å². The molecule has 3 heteroatoms. The summed E-state index contributed by atoms with van der Waals surface area (Å²) in [5.74, 6) is 0.152. The van der Waals surface area contributed by atoms with E-state index >= 15 is 0 Å². The highest BCUT2D eigenvalue weighted by Gasteiger charge is 2.55. The van der Waals surface area contributed by atoms with Crippen LogP contribution in [0.1, 0.15) is 32.6 Å². The average molecular weight is 248 g/mol. The quantitative estimate of drug-likeness (QED) is 0.406. The Kier molecular flexibility index (Phi) is 2.46. The number of esters is 1. The molecule has 5 atom stereocenters. The van der Waals surface area contributed by atoms with Crippen molar-refractivity contribution in [3.05, 3.63) is 24.3 Å². The summed E-state index contributed by atoms with van der Waals surface area (Å²) in [7, 11) is 0. The van der Waals surface area contributed by atoms with Gasteiger partial charge in [0.05, 0.1) is 6.10 Å². The highest BCUT2D eigenvalue weighted by Crippen LogP contribution is 2.56. The largest absolute Gasteiger partial charge is 0.458 e. The van der Waals surface area contributed by atoms with E-state index in [0.29, 0.717) is 5.57 Å². The molecule has 3 fully saturated rings. The van der Waals surface area contributed by atoms with E-state index in [1.807, 2.05) is 0 Å². The molecule has 98 valence electrons. The number of carbonyl (C=O) groups is 1. The number of fused-ring (bicyclic) bond motifs is 2. The SMILES string of the molecule is C=C1CC[C@H](O)[C@]2(C)C[C@@H]3OC(=O)C(=C)[C@@H]3C[C@H]12. The Morgan fingerprint density at radius 1 is 1.44 bits per heavy atom. The van der Waals surface area contributed by atoms with Crippen LogP contribution in [0.25, 0.3) is 0 Å². The van der Waals surface area contributed by atoms with Gasteiger partial charge in [-0.2, -0.15) is 0 Å². The Bertz CT molecular complexity index is 439. The second kappa shape index (κ2) is 3.70. The molecule has 0 spiro atoms. The van der Waals surface area contributed by atoms with Crippen LogP contribution < -0.4 is 0 Å². The molecule has 1 aliphatic heterocycles. The van der Waals surface area contributed by atoms with Crippen molar-refractivity contribution in [1.29, 1.82) is 0 Å². The molecule has 1 N–H and O–H groups in total. The molecule has 3 rings (SSSR count). The van der Waals surface area contributed by atoms with Gasteiger partial charge in [-0.1, -0.05) is 25.7 Å². The molecule has 0 aromatic heterocycles. The molecule has 2 aliphatic carbocycles. The number of allylic oxidation sites excluding steroid dienone is 1.